The van der Waals surface area contributed by atoms with E-state index in [9.17, 15) is 9.59 Å². The van der Waals surface area contributed by atoms with Crippen LogP contribution in [0.2, 0.25) is 0 Å². The van der Waals surface area contributed by atoms with Crippen LogP contribution < -0.4 is 4.90 Å². The molecule has 2 heterocycles. The highest BCUT2D eigenvalue weighted by molar-refractivity contribution is 6.11. The van der Waals surface area contributed by atoms with Crippen LogP contribution in [-0.4, -0.2) is 29.5 Å². The summed E-state index contributed by atoms with van der Waals surface area (Å²) in [6.45, 7) is 2.47. The van der Waals surface area contributed by atoms with E-state index in [1.807, 2.05) is 85.8 Å². The number of esters is 1. The fourth-order valence-corrected chi connectivity index (χ4v) is 5.11. The second-order valence-electron chi connectivity index (χ2n) is 9.22. The molecule has 0 fully saturated rings. The van der Waals surface area contributed by atoms with E-state index in [4.69, 9.17) is 9.15 Å². The Morgan fingerprint density at radius 1 is 0.973 bits per heavy atom. The minimum atomic E-state index is -0.884. The summed E-state index contributed by atoms with van der Waals surface area (Å²) in [5.41, 5.74) is 4.53. The molecular formula is C31H26N2O4. The molecule has 1 aliphatic heterocycles. The minimum absolute atomic E-state index is 0.192. The second kappa shape index (κ2) is 9.54. The van der Waals surface area contributed by atoms with Crippen LogP contribution in [0.15, 0.2) is 89.3 Å². The van der Waals surface area contributed by atoms with Gasteiger partial charge < -0.3 is 14.1 Å². The fourth-order valence-electron chi connectivity index (χ4n) is 5.11. The largest absolute Gasteiger partial charge is 0.449 e. The van der Waals surface area contributed by atoms with Crippen LogP contribution in [0.1, 0.15) is 35.7 Å². The van der Waals surface area contributed by atoms with Crippen LogP contribution in [0.5, 0.6) is 0 Å². The number of fused-ring (bicyclic) bond motifs is 3. The molecule has 1 amide bonds. The van der Waals surface area contributed by atoms with Crippen LogP contribution in [0, 0.1) is 0 Å². The first kappa shape index (κ1) is 23.0. The molecule has 5 aromatic rings. The van der Waals surface area contributed by atoms with Crippen molar-refractivity contribution in [1.29, 1.82) is 0 Å². The van der Waals surface area contributed by atoms with Crippen molar-refractivity contribution in [3.8, 4) is 11.5 Å². The third-order valence-corrected chi connectivity index (χ3v) is 6.92. The molecule has 0 bridgehead atoms. The number of carbonyl (C=O) groups is 2. The number of amides is 1. The molecule has 1 aromatic heterocycles. The maximum atomic E-state index is 13.6. The van der Waals surface area contributed by atoms with Crippen LogP contribution in [0.4, 0.5) is 5.69 Å². The number of hydrogen-bond acceptors (Lipinski definition) is 5. The lowest BCUT2D eigenvalue weighted by Crippen LogP contribution is -2.43. The van der Waals surface area contributed by atoms with Gasteiger partial charge in [0, 0.05) is 23.2 Å². The highest BCUT2D eigenvalue weighted by Crippen LogP contribution is 2.34. The van der Waals surface area contributed by atoms with Crippen molar-refractivity contribution in [2.24, 2.45) is 0 Å². The SMILES string of the molecule is CCC(OC(=O)c1cccc2cccc(-c3nc4ccccc4o3)c12)C(=O)N1CCCc2ccccc21. The first-order valence-electron chi connectivity index (χ1n) is 12.6. The normalized spacial score (nSPS) is 13.9. The van der Waals surface area contributed by atoms with Gasteiger partial charge >= 0.3 is 5.97 Å². The maximum absolute atomic E-state index is 13.6. The summed E-state index contributed by atoms with van der Waals surface area (Å²) >= 11 is 0. The first-order valence-corrected chi connectivity index (χ1v) is 12.6. The van der Waals surface area contributed by atoms with Crippen LogP contribution in [-0.2, 0) is 16.0 Å². The molecule has 0 radical (unpaired) electrons. The first-order chi connectivity index (χ1) is 18.1. The number of aryl methyl sites for hydroxylation is 1. The lowest BCUT2D eigenvalue weighted by atomic mass is 9.99. The Balaban J connectivity index is 1.35. The summed E-state index contributed by atoms with van der Waals surface area (Å²) in [6, 6.07) is 26.7. The Morgan fingerprint density at radius 3 is 2.59 bits per heavy atom. The summed E-state index contributed by atoms with van der Waals surface area (Å²) in [7, 11) is 0. The maximum Gasteiger partial charge on any atom is 0.339 e. The highest BCUT2D eigenvalue weighted by Gasteiger charge is 2.31. The van der Waals surface area contributed by atoms with Gasteiger partial charge in [-0.2, -0.15) is 0 Å². The molecule has 184 valence electrons. The predicted molar refractivity (Wildman–Crippen MR) is 144 cm³/mol. The molecule has 0 saturated carbocycles. The molecule has 0 N–H and O–H groups in total. The van der Waals surface area contributed by atoms with E-state index in [-0.39, 0.29) is 5.91 Å². The zero-order valence-electron chi connectivity index (χ0n) is 20.5. The van der Waals surface area contributed by atoms with Crippen molar-refractivity contribution in [2.45, 2.75) is 32.3 Å². The van der Waals surface area contributed by atoms with Crippen LogP contribution >= 0.6 is 0 Å². The Bertz CT molecular complexity index is 1600. The molecule has 0 spiro atoms. The predicted octanol–water partition coefficient (Wildman–Crippen LogP) is 6.56. The van der Waals surface area contributed by atoms with E-state index in [0.717, 1.165) is 35.0 Å². The lowest BCUT2D eigenvalue weighted by molar-refractivity contribution is -0.127. The summed E-state index contributed by atoms with van der Waals surface area (Å²) in [5, 5.41) is 1.55. The van der Waals surface area contributed by atoms with Gasteiger partial charge in [0.05, 0.1) is 5.56 Å². The summed E-state index contributed by atoms with van der Waals surface area (Å²) in [4.78, 5) is 33.5. The number of hydrogen-bond donors (Lipinski definition) is 0. The number of carbonyl (C=O) groups excluding carboxylic acids is 2. The number of anilines is 1. The number of oxazole rings is 1. The molecule has 6 rings (SSSR count). The molecule has 1 unspecified atom stereocenters. The lowest BCUT2D eigenvalue weighted by Gasteiger charge is -2.32. The van der Waals surface area contributed by atoms with Crippen LogP contribution in [0.25, 0.3) is 33.3 Å². The van der Waals surface area contributed by atoms with Gasteiger partial charge in [0.25, 0.3) is 5.91 Å². The zero-order valence-corrected chi connectivity index (χ0v) is 20.5. The molecule has 37 heavy (non-hydrogen) atoms. The Labute approximate surface area is 214 Å². The molecule has 1 atom stereocenters. The van der Waals surface area contributed by atoms with E-state index in [1.165, 1.54) is 0 Å². The van der Waals surface area contributed by atoms with Crippen molar-refractivity contribution < 1.29 is 18.7 Å². The standard InChI is InChI=1S/C31H26N2O4/c1-2-26(30(34)33-19-9-13-20-10-3-5-17-25(20)33)37-31(35)23-15-8-12-21-11-7-14-22(28(21)23)29-32-24-16-4-6-18-27(24)36-29/h3-8,10-12,14-18,26H,2,9,13,19H2,1H3. The van der Waals surface area contributed by atoms with Crippen molar-refractivity contribution in [2.75, 3.05) is 11.4 Å². The quantitative estimate of drug-likeness (QED) is 0.261. The molecule has 4 aromatic carbocycles. The smallest absolute Gasteiger partial charge is 0.339 e. The Morgan fingerprint density at radius 2 is 1.76 bits per heavy atom. The van der Waals surface area contributed by atoms with Crippen LogP contribution in [0.3, 0.4) is 0 Å². The molecule has 1 aliphatic rings. The number of ether oxygens (including phenoxy) is 1. The number of aromatic nitrogens is 1. The van der Waals surface area contributed by atoms with E-state index in [1.54, 1.807) is 11.0 Å². The highest BCUT2D eigenvalue weighted by atomic mass is 16.5. The monoisotopic (exact) mass is 490 g/mol. The van der Waals surface area contributed by atoms with Crippen molar-refractivity contribution in [3.05, 3.63) is 96.1 Å². The molecule has 6 heteroatoms. The van der Waals surface area contributed by atoms with Gasteiger partial charge in [0.1, 0.15) is 5.52 Å². The van der Waals surface area contributed by atoms with Gasteiger partial charge in [-0.25, -0.2) is 9.78 Å². The molecular weight excluding hydrogens is 464 g/mol. The number of rotatable bonds is 5. The fraction of sp³-hybridized carbons (Fsp3) is 0.194. The Kier molecular flexibility index (Phi) is 5.93. The summed E-state index contributed by atoms with van der Waals surface area (Å²) < 4.78 is 11.9. The van der Waals surface area contributed by atoms with Crippen molar-refractivity contribution in [1.82, 2.24) is 4.98 Å². The van der Waals surface area contributed by atoms with E-state index in [2.05, 4.69) is 4.98 Å². The Hall–Kier alpha value is -4.45. The van der Waals surface area contributed by atoms with Gasteiger partial charge in [0.15, 0.2) is 11.7 Å². The van der Waals surface area contributed by atoms with E-state index in [0.29, 0.717) is 41.0 Å². The van der Waals surface area contributed by atoms with Gasteiger partial charge in [-0.3, -0.25) is 4.79 Å². The second-order valence-corrected chi connectivity index (χ2v) is 9.22. The summed E-state index contributed by atoms with van der Waals surface area (Å²) in [6.07, 6.45) is 1.31. The van der Waals surface area contributed by atoms with Crippen molar-refractivity contribution >= 4 is 39.4 Å². The minimum Gasteiger partial charge on any atom is -0.449 e. The van der Waals surface area contributed by atoms with E-state index >= 15 is 0 Å². The van der Waals surface area contributed by atoms with Gasteiger partial charge in [-0.05, 0) is 60.5 Å². The molecule has 0 saturated heterocycles. The van der Waals surface area contributed by atoms with Gasteiger partial charge in [0.2, 0.25) is 5.89 Å². The number of para-hydroxylation sites is 3. The molecule has 6 nitrogen and oxygen atoms in total. The third kappa shape index (κ3) is 4.14. The third-order valence-electron chi connectivity index (χ3n) is 6.92. The summed E-state index contributed by atoms with van der Waals surface area (Å²) in [5.74, 6) is -0.304. The number of benzene rings is 4. The van der Waals surface area contributed by atoms with Crippen molar-refractivity contribution in [3.63, 3.8) is 0 Å². The molecule has 0 aliphatic carbocycles. The average molecular weight is 491 g/mol. The van der Waals surface area contributed by atoms with E-state index < -0.39 is 12.1 Å². The zero-order chi connectivity index (χ0) is 25.4. The van der Waals surface area contributed by atoms with Gasteiger partial charge in [-0.1, -0.05) is 61.5 Å². The topological polar surface area (TPSA) is 72.6 Å². The average Bonchev–Trinajstić information content (AvgIpc) is 3.38. The number of nitrogens with zero attached hydrogens (tertiary/aromatic N) is 2. The van der Waals surface area contributed by atoms with Gasteiger partial charge in [-0.15, -0.1) is 0 Å².